The molecule has 0 saturated carbocycles. The average Bonchev–Trinajstić information content (AvgIpc) is 2.70. The molecule has 0 bridgehead atoms. The molecule has 0 aliphatic carbocycles. The van der Waals surface area contributed by atoms with Crippen LogP contribution in [-0.2, 0) is 6.54 Å². The lowest BCUT2D eigenvalue weighted by molar-refractivity contribution is -0.0303. The van der Waals surface area contributed by atoms with Gasteiger partial charge < -0.3 is 10.1 Å². The second-order valence-electron chi connectivity index (χ2n) is 7.46. The molecule has 1 N–H and O–H groups in total. The van der Waals surface area contributed by atoms with Crippen LogP contribution >= 0.6 is 0 Å². The third-order valence-corrected chi connectivity index (χ3v) is 5.72. The number of piperidine rings is 1. The van der Waals surface area contributed by atoms with Crippen molar-refractivity contribution in [1.82, 2.24) is 10.2 Å². The first-order valence-electron chi connectivity index (χ1n) is 9.52. The van der Waals surface area contributed by atoms with E-state index in [0.717, 1.165) is 32.5 Å². The van der Waals surface area contributed by atoms with Crippen LogP contribution < -0.4 is 10.1 Å². The van der Waals surface area contributed by atoms with E-state index in [9.17, 15) is 4.79 Å². The van der Waals surface area contributed by atoms with Crippen molar-refractivity contribution in [2.75, 3.05) is 13.1 Å². The third kappa shape index (κ3) is 2.96. The number of fused-ring (bicyclic) bond motifs is 2. The number of carbonyl (C=O) groups is 1. The molecule has 4 heteroatoms. The summed E-state index contributed by atoms with van der Waals surface area (Å²) >= 11 is 0. The second-order valence-corrected chi connectivity index (χ2v) is 7.46. The van der Waals surface area contributed by atoms with Crippen LogP contribution in [0.25, 0.3) is 10.8 Å². The number of nitrogens with zero attached hydrogens (tertiary/aromatic N) is 1. The van der Waals surface area contributed by atoms with Gasteiger partial charge in [-0.2, -0.15) is 0 Å². The van der Waals surface area contributed by atoms with Crippen LogP contribution in [0.2, 0.25) is 0 Å². The van der Waals surface area contributed by atoms with E-state index in [1.54, 1.807) is 0 Å². The summed E-state index contributed by atoms with van der Waals surface area (Å²) in [5.41, 5.74) is 1.41. The molecule has 2 aliphatic rings. The van der Waals surface area contributed by atoms with Crippen molar-refractivity contribution in [2.24, 2.45) is 0 Å². The summed E-state index contributed by atoms with van der Waals surface area (Å²) < 4.78 is 6.24. The van der Waals surface area contributed by atoms with E-state index >= 15 is 0 Å². The Hall–Kier alpha value is -2.85. The minimum absolute atomic E-state index is 0.0284. The topological polar surface area (TPSA) is 41.6 Å². The summed E-state index contributed by atoms with van der Waals surface area (Å²) in [4.78, 5) is 14.9. The Bertz CT molecular complexity index is 1000. The van der Waals surface area contributed by atoms with Crippen molar-refractivity contribution < 1.29 is 9.53 Å². The minimum atomic E-state index is -0.569. The van der Waals surface area contributed by atoms with Gasteiger partial charge in [-0.15, -0.1) is 0 Å². The number of hydrogen-bond acceptors (Lipinski definition) is 3. The standard InChI is InChI=1S/C23H22N2O2/c26-22-20-10-3-4-11-21(20)27-23(24-22)12-14-25(15-13-23)16-18-8-5-7-17-6-1-2-9-19(17)18/h1-11H,12-16H2,(H,24,26). The van der Waals surface area contributed by atoms with Crippen LogP contribution in [0.5, 0.6) is 5.75 Å². The summed E-state index contributed by atoms with van der Waals surface area (Å²) in [5.74, 6) is 0.670. The molecule has 1 spiro atoms. The number of carbonyl (C=O) groups excluding carboxylic acids is 1. The van der Waals surface area contributed by atoms with E-state index in [4.69, 9.17) is 4.74 Å². The monoisotopic (exact) mass is 358 g/mol. The highest BCUT2D eigenvalue weighted by molar-refractivity contribution is 5.98. The molecule has 1 fully saturated rings. The highest BCUT2D eigenvalue weighted by Gasteiger charge is 2.42. The van der Waals surface area contributed by atoms with E-state index in [-0.39, 0.29) is 5.91 Å². The van der Waals surface area contributed by atoms with Crippen molar-refractivity contribution in [1.29, 1.82) is 0 Å². The molecule has 136 valence electrons. The van der Waals surface area contributed by atoms with Crippen molar-refractivity contribution in [3.8, 4) is 5.75 Å². The lowest BCUT2D eigenvalue weighted by atomic mass is 9.96. The van der Waals surface area contributed by atoms with Crippen LogP contribution in [-0.4, -0.2) is 29.6 Å². The van der Waals surface area contributed by atoms with Gasteiger partial charge >= 0.3 is 0 Å². The highest BCUT2D eigenvalue weighted by Crippen LogP contribution is 2.34. The summed E-state index contributed by atoms with van der Waals surface area (Å²) in [5, 5.41) is 5.71. The maximum absolute atomic E-state index is 12.5. The Morgan fingerprint density at radius 2 is 1.67 bits per heavy atom. The van der Waals surface area contributed by atoms with Gasteiger partial charge in [-0.25, -0.2) is 0 Å². The summed E-state index contributed by atoms with van der Waals surface area (Å²) in [6, 6.07) is 22.5. The smallest absolute Gasteiger partial charge is 0.258 e. The molecule has 0 radical (unpaired) electrons. The first kappa shape index (κ1) is 16.3. The summed E-state index contributed by atoms with van der Waals surface area (Å²) in [7, 11) is 0. The van der Waals surface area contributed by atoms with Crippen LogP contribution in [0, 0.1) is 0 Å². The van der Waals surface area contributed by atoms with Gasteiger partial charge in [0.2, 0.25) is 0 Å². The predicted molar refractivity (Wildman–Crippen MR) is 106 cm³/mol. The minimum Gasteiger partial charge on any atom is -0.467 e. The first-order valence-corrected chi connectivity index (χ1v) is 9.52. The number of para-hydroxylation sites is 1. The van der Waals surface area contributed by atoms with Crippen molar-refractivity contribution in [2.45, 2.75) is 25.1 Å². The molecule has 3 aromatic carbocycles. The van der Waals surface area contributed by atoms with E-state index in [1.165, 1.54) is 16.3 Å². The summed E-state index contributed by atoms with van der Waals surface area (Å²) in [6.07, 6.45) is 1.58. The Morgan fingerprint density at radius 1 is 0.926 bits per heavy atom. The molecule has 1 saturated heterocycles. The van der Waals surface area contributed by atoms with Crippen molar-refractivity contribution in [3.63, 3.8) is 0 Å². The third-order valence-electron chi connectivity index (χ3n) is 5.72. The average molecular weight is 358 g/mol. The van der Waals surface area contributed by atoms with Gasteiger partial charge in [0, 0.05) is 32.5 Å². The Labute approximate surface area is 158 Å². The summed E-state index contributed by atoms with van der Waals surface area (Å²) in [6.45, 7) is 2.71. The Kier molecular flexibility index (Phi) is 3.87. The molecule has 5 rings (SSSR count). The molecule has 2 aliphatic heterocycles. The Balaban J connectivity index is 1.31. The van der Waals surface area contributed by atoms with Crippen LogP contribution in [0.4, 0.5) is 0 Å². The zero-order valence-corrected chi connectivity index (χ0v) is 15.2. The molecule has 2 heterocycles. The maximum atomic E-state index is 12.5. The Morgan fingerprint density at radius 3 is 2.56 bits per heavy atom. The molecule has 1 amide bonds. The number of amides is 1. The number of nitrogens with one attached hydrogen (secondary N) is 1. The normalized spacial score (nSPS) is 18.7. The molecule has 4 nitrogen and oxygen atoms in total. The fourth-order valence-corrected chi connectivity index (χ4v) is 4.22. The number of ether oxygens (including phenoxy) is 1. The maximum Gasteiger partial charge on any atom is 0.258 e. The first-order chi connectivity index (χ1) is 13.2. The zero-order valence-electron chi connectivity index (χ0n) is 15.2. The molecule has 0 atom stereocenters. The number of benzene rings is 3. The zero-order chi connectivity index (χ0) is 18.3. The molecular formula is C23H22N2O2. The quantitative estimate of drug-likeness (QED) is 0.754. The molecular weight excluding hydrogens is 336 g/mol. The number of rotatable bonds is 2. The second kappa shape index (κ2) is 6.39. The molecule has 0 unspecified atom stereocenters. The lowest BCUT2D eigenvalue weighted by Crippen LogP contribution is -2.60. The van der Waals surface area contributed by atoms with E-state index in [0.29, 0.717) is 11.3 Å². The van der Waals surface area contributed by atoms with E-state index in [1.807, 2.05) is 24.3 Å². The van der Waals surface area contributed by atoms with Gasteiger partial charge in [-0.1, -0.05) is 54.6 Å². The van der Waals surface area contributed by atoms with Gasteiger partial charge in [-0.05, 0) is 28.5 Å². The highest BCUT2D eigenvalue weighted by atomic mass is 16.5. The van der Waals surface area contributed by atoms with Gasteiger partial charge in [0.15, 0.2) is 5.72 Å². The molecule has 27 heavy (non-hydrogen) atoms. The lowest BCUT2D eigenvalue weighted by Gasteiger charge is -2.44. The van der Waals surface area contributed by atoms with Crippen molar-refractivity contribution >= 4 is 16.7 Å². The predicted octanol–water partition coefficient (Wildman–Crippen LogP) is 3.95. The van der Waals surface area contributed by atoms with Crippen LogP contribution in [0.3, 0.4) is 0 Å². The fourth-order valence-electron chi connectivity index (χ4n) is 4.22. The van der Waals surface area contributed by atoms with Gasteiger partial charge in [-0.3, -0.25) is 9.69 Å². The molecule has 3 aromatic rings. The fraction of sp³-hybridized carbons (Fsp3) is 0.261. The van der Waals surface area contributed by atoms with E-state index in [2.05, 4.69) is 52.7 Å². The van der Waals surface area contributed by atoms with E-state index < -0.39 is 5.72 Å². The van der Waals surface area contributed by atoms with Crippen molar-refractivity contribution in [3.05, 3.63) is 77.9 Å². The number of likely N-dealkylation sites (tertiary alicyclic amines) is 1. The van der Waals surface area contributed by atoms with Gasteiger partial charge in [0.05, 0.1) is 5.56 Å². The molecule has 0 aromatic heterocycles. The number of hydrogen-bond donors (Lipinski definition) is 1. The van der Waals surface area contributed by atoms with Gasteiger partial charge in [0.1, 0.15) is 5.75 Å². The van der Waals surface area contributed by atoms with Crippen LogP contribution in [0.15, 0.2) is 66.7 Å². The largest absolute Gasteiger partial charge is 0.467 e. The SMILES string of the molecule is O=C1NC2(CCN(Cc3cccc4ccccc34)CC2)Oc2ccccc21. The van der Waals surface area contributed by atoms with Crippen LogP contribution in [0.1, 0.15) is 28.8 Å². The van der Waals surface area contributed by atoms with Gasteiger partial charge in [0.25, 0.3) is 5.91 Å².